The first-order valence-electron chi connectivity index (χ1n) is 11.4. The minimum Gasteiger partial charge on any atom is -0.481 e. The predicted octanol–water partition coefficient (Wildman–Crippen LogP) is 3.47. The zero-order chi connectivity index (χ0) is 22.1. The number of hydrogen-bond acceptors (Lipinski definition) is 5. The Labute approximate surface area is 179 Å². The molecule has 3 N–H and O–H groups in total. The van der Waals surface area contributed by atoms with E-state index in [0.717, 1.165) is 25.7 Å². The van der Waals surface area contributed by atoms with Gasteiger partial charge in [0.2, 0.25) is 0 Å². The van der Waals surface area contributed by atoms with E-state index in [2.05, 4.69) is 32.1 Å². The van der Waals surface area contributed by atoms with Crippen LogP contribution in [-0.2, 0) is 14.3 Å². The molecule has 3 rings (SSSR count). The molecule has 30 heavy (non-hydrogen) atoms. The zero-order valence-corrected chi connectivity index (χ0v) is 18.3. The number of esters is 1. The molecule has 3 aliphatic rings. The quantitative estimate of drug-likeness (QED) is 0.520. The molecule has 0 amide bonds. The summed E-state index contributed by atoms with van der Waals surface area (Å²) in [6.45, 7) is 6.38. The van der Waals surface area contributed by atoms with Crippen LogP contribution in [0.15, 0.2) is 23.8 Å². The van der Waals surface area contributed by atoms with Crippen molar-refractivity contribution in [1.82, 2.24) is 0 Å². The van der Waals surface area contributed by atoms with Gasteiger partial charge in [0.1, 0.15) is 5.60 Å². The maximum Gasteiger partial charge on any atom is 0.309 e. The fraction of sp³-hybridized carbons (Fsp3) is 0.750. The third kappa shape index (κ3) is 4.80. The number of fused-ring (bicyclic) bond motifs is 2. The van der Waals surface area contributed by atoms with Crippen molar-refractivity contribution < 1.29 is 29.6 Å². The highest BCUT2D eigenvalue weighted by Gasteiger charge is 2.56. The summed E-state index contributed by atoms with van der Waals surface area (Å²) in [7, 11) is 0. The van der Waals surface area contributed by atoms with Crippen LogP contribution in [0.5, 0.6) is 0 Å². The lowest BCUT2D eigenvalue weighted by Crippen LogP contribution is -2.49. The summed E-state index contributed by atoms with van der Waals surface area (Å²) >= 11 is 0. The van der Waals surface area contributed by atoms with Crippen LogP contribution in [0, 0.1) is 29.6 Å². The number of carboxylic acids is 1. The number of aliphatic carboxylic acids is 1. The van der Waals surface area contributed by atoms with Crippen molar-refractivity contribution in [2.45, 2.75) is 83.5 Å². The number of aliphatic hydroxyl groups excluding tert-OH is 2. The maximum atomic E-state index is 12.5. The van der Waals surface area contributed by atoms with Crippen molar-refractivity contribution in [3.63, 3.8) is 0 Å². The molecule has 168 valence electrons. The molecule has 1 spiro atoms. The fourth-order valence-corrected chi connectivity index (χ4v) is 5.96. The van der Waals surface area contributed by atoms with Gasteiger partial charge in [0, 0.05) is 12.3 Å². The predicted molar refractivity (Wildman–Crippen MR) is 112 cm³/mol. The van der Waals surface area contributed by atoms with Gasteiger partial charge in [0.15, 0.2) is 0 Å². The van der Waals surface area contributed by atoms with Crippen LogP contribution < -0.4 is 0 Å². The van der Waals surface area contributed by atoms with Gasteiger partial charge in [0.05, 0.1) is 24.5 Å². The molecule has 0 aromatic rings. The SMILES string of the molecule is CC[C@@H]1C[C@@]2(C[C@@H](C)C=C3C=C[C@H](C)[C@H](CCC(O)C[C@H](O)CC(=O)O)[C@H]32)OC1=O. The molecule has 1 fully saturated rings. The largest absolute Gasteiger partial charge is 0.481 e. The van der Waals surface area contributed by atoms with Crippen LogP contribution in [-0.4, -0.2) is 45.1 Å². The van der Waals surface area contributed by atoms with E-state index in [1.807, 2.05) is 6.92 Å². The Morgan fingerprint density at radius 3 is 2.63 bits per heavy atom. The van der Waals surface area contributed by atoms with Gasteiger partial charge in [-0.25, -0.2) is 0 Å². The first-order chi connectivity index (χ1) is 14.1. The Balaban J connectivity index is 1.76. The summed E-state index contributed by atoms with van der Waals surface area (Å²) in [5.74, 6) is -0.224. The molecule has 0 aromatic heterocycles. The molecule has 1 heterocycles. The van der Waals surface area contributed by atoms with Crippen molar-refractivity contribution in [3.05, 3.63) is 23.8 Å². The van der Waals surface area contributed by atoms with E-state index in [0.29, 0.717) is 12.3 Å². The second kappa shape index (κ2) is 9.23. The molecule has 1 unspecified atom stereocenters. The monoisotopic (exact) mass is 420 g/mol. The van der Waals surface area contributed by atoms with E-state index >= 15 is 0 Å². The average molecular weight is 421 g/mol. The Kier molecular flexibility index (Phi) is 7.08. The molecule has 6 nitrogen and oxygen atoms in total. The fourth-order valence-electron chi connectivity index (χ4n) is 5.96. The summed E-state index contributed by atoms with van der Waals surface area (Å²) in [6.07, 6.45) is 8.20. The van der Waals surface area contributed by atoms with E-state index in [1.54, 1.807) is 0 Å². The Morgan fingerprint density at radius 1 is 1.27 bits per heavy atom. The minimum atomic E-state index is -1.07. The highest BCUT2D eigenvalue weighted by Crippen LogP contribution is 2.55. The summed E-state index contributed by atoms with van der Waals surface area (Å²) in [6, 6.07) is 0. The van der Waals surface area contributed by atoms with Crippen LogP contribution >= 0.6 is 0 Å². The van der Waals surface area contributed by atoms with Gasteiger partial charge in [-0.05, 0) is 55.4 Å². The Bertz CT molecular complexity index is 712. The van der Waals surface area contributed by atoms with Crippen molar-refractivity contribution in [2.24, 2.45) is 29.6 Å². The second-order valence-electron chi connectivity index (χ2n) is 9.72. The van der Waals surface area contributed by atoms with Crippen molar-refractivity contribution >= 4 is 11.9 Å². The second-order valence-corrected chi connectivity index (χ2v) is 9.72. The number of ether oxygens (including phenoxy) is 1. The molecular formula is C24H36O6. The number of hydrogen-bond donors (Lipinski definition) is 3. The van der Waals surface area contributed by atoms with Crippen LogP contribution in [0.1, 0.15) is 65.7 Å². The third-order valence-corrected chi connectivity index (χ3v) is 7.28. The molecule has 0 aromatic carbocycles. The molecule has 2 aliphatic carbocycles. The van der Waals surface area contributed by atoms with Crippen LogP contribution in [0.2, 0.25) is 0 Å². The van der Waals surface area contributed by atoms with Crippen LogP contribution in [0.3, 0.4) is 0 Å². The maximum absolute atomic E-state index is 12.5. The van der Waals surface area contributed by atoms with E-state index in [4.69, 9.17) is 9.84 Å². The number of carbonyl (C=O) groups is 2. The van der Waals surface area contributed by atoms with Crippen molar-refractivity contribution in [1.29, 1.82) is 0 Å². The highest BCUT2D eigenvalue weighted by atomic mass is 16.6. The highest BCUT2D eigenvalue weighted by molar-refractivity contribution is 5.75. The Hall–Kier alpha value is -1.66. The van der Waals surface area contributed by atoms with E-state index in [9.17, 15) is 19.8 Å². The standard InChI is InChI=1S/C24H36O6/c1-4-16-13-24(30-23(16)29)12-14(2)9-17-6-5-15(3)20(22(17)24)8-7-18(25)10-19(26)11-21(27)28/h5-6,9,14-16,18-20,22,25-26H,4,7-8,10-13H2,1-3H3,(H,27,28)/t14-,15-,16+,18?,19-,20-,22-,24+/m0/s1. The first kappa shape index (κ1) is 23.0. The van der Waals surface area contributed by atoms with E-state index in [1.165, 1.54) is 5.57 Å². The Morgan fingerprint density at radius 2 is 2.00 bits per heavy atom. The van der Waals surface area contributed by atoms with Gasteiger partial charge < -0.3 is 20.1 Å². The molecule has 8 atom stereocenters. The smallest absolute Gasteiger partial charge is 0.309 e. The number of rotatable bonds is 8. The molecule has 0 radical (unpaired) electrons. The third-order valence-electron chi connectivity index (χ3n) is 7.28. The molecule has 0 saturated carbocycles. The summed E-state index contributed by atoms with van der Waals surface area (Å²) in [5, 5.41) is 29.0. The van der Waals surface area contributed by atoms with Gasteiger partial charge in [-0.1, -0.05) is 39.0 Å². The topological polar surface area (TPSA) is 104 Å². The summed E-state index contributed by atoms with van der Waals surface area (Å²) < 4.78 is 6.15. The molecule has 6 heteroatoms. The van der Waals surface area contributed by atoms with E-state index < -0.39 is 23.8 Å². The number of aliphatic hydroxyl groups is 2. The van der Waals surface area contributed by atoms with Gasteiger partial charge in [-0.3, -0.25) is 9.59 Å². The lowest BCUT2D eigenvalue weighted by Gasteiger charge is -2.49. The normalized spacial score (nSPS) is 37.4. The lowest BCUT2D eigenvalue weighted by atomic mass is 9.58. The first-order valence-corrected chi connectivity index (χ1v) is 11.4. The number of carbonyl (C=O) groups excluding carboxylic acids is 1. The molecule has 0 bridgehead atoms. The summed E-state index contributed by atoms with van der Waals surface area (Å²) in [4.78, 5) is 23.3. The number of allylic oxidation sites excluding steroid dienone is 3. The zero-order valence-electron chi connectivity index (χ0n) is 18.3. The van der Waals surface area contributed by atoms with E-state index in [-0.39, 0.29) is 42.5 Å². The number of carboxylic acid groups (broad SMARTS) is 1. The van der Waals surface area contributed by atoms with Crippen molar-refractivity contribution in [2.75, 3.05) is 0 Å². The minimum absolute atomic E-state index is 0.0461. The lowest BCUT2D eigenvalue weighted by molar-refractivity contribution is -0.158. The molecule has 1 aliphatic heterocycles. The molecule has 1 saturated heterocycles. The van der Waals surface area contributed by atoms with Gasteiger partial charge in [0.25, 0.3) is 0 Å². The van der Waals surface area contributed by atoms with Crippen molar-refractivity contribution in [3.8, 4) is 0 Å². The average Bonchev–Trinajstić information content (AvgIpc) is 2.95. The van der Waals surface area contributed by atoms with Crippen LogP contribution in [0.4, 0.5) is 0 Å². The van der Waals surface area contributed by atoms with Crippen LogP contribution in [0.25, 0.3) is 0 Å². The van der Waals surface area contributed by atoms with Gasteiger partial charge in [-0.2, -0.15) is 0 Å². The van der Waals surface area contributed by atoms with Gasteiger partial charge in [-0.15, -0.1) is 0 Å². The summed E-state index contributed by atoms with van der Waals surface area (Å²) in [5.41, 5.74) is 0.764. The molecular weight excluding hydrogens is 384 g/mol. The van der Waals surface area contributed by atoms with Gasteiger partial charge >= 0.3 is 11.9 Å².